The van der Waals surface area contributed by atoms with E-state index < -0.39 is 17.4 Å². The lowest BCUT2D eigenvalue weighted by atomic mass is 10.1. The molecule has 1 fully saturated rings. The normalized spacial score (nSPS) is 17.7. The van der Waals surface area contributed by atoms with Gasteiger partial charge >= 0.3 is 6.18 Å². The van der Waals surface area contributed by atoms with Gasteiger partial charge in [0.2, 0.25) is 6.08 Å². The number of halogens is 3. The third kappa shape index (κ3) is 1.84. The van der Waals surface area contributed by atoms with Crippen molar-refractivity contribution in [1.29, 1.82) is 0 Å². The summed E-state index contributed by atoms with van der Waals surface area (Å²) in [5.74, 6) is 0. The lowest BCUT2D eigenvalue weighted by molar-refractivity contribution is -0.141. The minimum atomic E-state index is -4.44. The average Bonchev–Trinajstić information content (AvgIpc) is 2.99. The Hall–Kier alpha value is -1.68. The number of rotatable bonds is 2. The highest BCUT2D eigenvalue weighted by Crippen LogP contribution is 2.49. The maximum absolute atomic E-state index is 12.2. The molecule has 0 N–H and O–H groups in total. The molecule has 0 bridgehead atoms. The van der Waals surface area contributed by atoms with Crippen LogP contribution in [0, 0.1) is 0 Å². The van der Waals surface area contributed by atoms with Crippen LogP contribution < -0.4 is 0 Å². The van der Waals surface area contributed by atoms with Gasteiger partial charge < -0.3 is 0 Å². The Morgan fingerprint density at radius 3 is 2.44 bits per heavy atom. The molecule has 0 radical (unpaired) electrons. The minimum absolute atomic E-state index is 0.531. The Labute approximate surface area is 89.0 Å². The molecule has 1 aliphatic carbocycles. The summed E-state index contributed by atoms with van der Waals surface area (Å²) in [7, 11) is 0. The van der Waals surface area contributed by atoms with Gasteiger partial charge in [0.1, 0.15) is 5.69 Å². The largest absolute Gasteiger partial charge is 0.433 e. The molecule has 1 aromatic rings. The number of aromatic nitrogens is 1. The molecule has 0 unspecified atom stereocenters. The van der Waals surface area contributed by atoms with Crippen molar-refractivity contribution in [2.24, 2.45) is 4.99 Å². The lowest BCUT2D eigenvalue weighted by Crippen LogP contribution is -2.10. The molecule has 0 aromatic carbocycles. The molecule has 1 aromatic heterocycles. The third-order valence-corrected chi connectivity index (χ3v) is 2.57. The fraction of sp³-hybridized carbons (Fsp3) is 0.400. The molecule has 0 aliphatic heterocycles. The van der Waals surface area contributed by atoms with Gasteiger partial charge in [-0.3, -0.25) is 4.98 Å². The number of alkyl halides is 3. The van der Waals surface area contributed by atoms with Crippen molar-refractivity contribution < 1.29 is 18.0 Å². The molecule has 3 nitrogen and oxygen atoms in total. The van der Waals surface area contributed by atoms with Crippen molar-refractivity contribution in [3.8, 4) is 0 Å². The van der Waals surface area contributed by atoms with Crippen LogP contribution in [0.2, 0.25) is 0 Å². The third-order valence-electron chi connectivity index (χ3n) is 2.57. The van der Waals surface area contributed by atoms with Gasteiger partial charge in [-0.25, -0.2) is 4.79 Å². The van der Waals surface area contributed by atoms with Crippen LogP contribution in [0.1, 0.15) is 24.1 Å². The predicted molar refractivity (Wildman–Crippen MR) is 48.3 cm³/mol. The van der Waals surface area contributed by atoms with Gasteiger partial charge in [0, 0.05) is 6.20 Å². The van der Waals surface area contributed by atoms with Crippen molar-refractivity contribution >= 4 is 6.08 Å². The fourth-order valence-corrected chi connectivity index (χ4v) is 1.51. The van der Waals surface area contributed by atoms with Crippen molar-refractivity contribution in [2.45, 2.75) is 24.6 Å². The van der Waals surface area contributed by atoms with E-state index in [1.54, 1.807) is 0 Å². The first-order valence-electron chi connectivity index (χ1n) is 4.61. The monoisotopic (exact) mass is 228 g/mol. The molecule has 0 atom stereocenters. The van der Waals surface area contributed by atoms with E-state index in [0.717, 1.165) is 12.3 Å². The van der Waals surface area contributed by atoms with Crippen LogP contribution >= 0.6 is 0 Å². The minimum Gasteiger partial charge on any atom is -0.251 e. The number of hydrogen-bond acceptors (Lipinski definition) is 3. The zero-order valence-corrected chi connectivity index (χ0v) is 8.08. The fourth-order valence-electron chi connectivity index (χ4n) is 1.51. The molecule has 1 saturated carbocycles. The van der Waals surface area contributed by atoms with Gasteiger partial charge in [0.25, 0.3) is 0 Å². The number of nitrogens with zero attached hydrogens (tertiary/aromatic N) is 2. The van der Waals surface area contributed by atoms with Gasteiger partial charge in [-0.1, -0.05) is 6.07 Å². The second kappa shape index (κ2) is 3.42. The highest BCUT2D eigenvalue weighted by atomic mass is 19.4. The zero-order chi connectivity index (χ0) is 11.8. The molecule has 16 heavy (non-hydrogen) atoms. The second-order valence-electron chi connectivity index (χ2n) is 3.66. The number of isocyanates is 1. The smallest absolute Gasteiger partial charge is 0.251 e. The molecule has 1 heterocycles. The molecule has 84 valence electrons. The summed E-state index contributed by atoms with van der Waals surface area (Å²) in [6, 6.07) is 2.21. The Balaban J connectivity index is 2.30. The Kier molecular flexibility index (Phi) is 2.31. The predicted octanol–water partition coefficient (Wildman–Crippen LogP) is 2.43. The first kappa shape index (κ1) is 10.8. The molecule has 1 aliphatic rings. The SMILES string of the molecule is O=C=NC1(c2ccc(C(F)(F)F)nc2)CC1. The Morgan fingerprint density at radius 2 is 2.06 bits per heavy atom. The van der Waals surface area contributed by atoms with E-state index in [1.165, 1.54) is 12.1 Å². The van der Waals surface area contributed by atoms with Gasteiger partial charge in [-0.15, -0.1) is 0 Å². The summed E-state index contributed by atoms with van der Waals surface area (Å²) in [4.78, 5) is 17.1. The van der Waals surface area contributed by atoms with Gasteiger partial charge in [0.05, 0.1) is 5.54 Å². The van der Waals surface area contributed by atoms with Crippen molar-refractivity contribution in [1.82, 2.24) is 4.98 Å². The van der Waals surface area contributed by atoms with Crippen molar-refractivity contribution in [2.75, 3.05) is 0 Å². The lowest BCUT2D eigenvalue weighted by Gasteiger charge is -2.09. The van der Waals surface area contributed by atoms with E-state index in [4.69, 9.17) is 0 Å². The van der Waals surface area contributed by atoms with Crippen LogP contribution in [0.5, 0.6) is 0 Å². The molecule has 6 heteroatoms. The van der Waals surface area contributed by atoms with E-state index in [-0.39, 0.29) is 0 Å². The second-order valence-corrected chi connectivity index (χ2v) is 3.66. The highest BCUT2D eigenvalue weighted by Gasteiger charge is 2.45. The van der Waals surface area contributed by atoms with Crippen LogP contribution in [-0.2, 0) is 16.5 Å². The molecular weight excluding hydrogens is 221 g/mol. The summed E-state index contributed by atoms with van der Waals surface area (Å²) in [5, 5.41) is 0. The van der Waals surface area contributed by atoms with Crippen LogP contribution in [0.4, 0.5) is 13.2 Å². The maximum atomic E-state index is 12.2. The van der Waals surface area contributed by atoms with Crippen LogP contribution in [0.15, 0.2) is 23.3 Å². The number of hydrogen-bond donors (Lipinski definition) is 0. The van der Waals surface area contributed by atoms with Gasteiger partial charge in [0.15, 0.2) is 0 Å². The van der Waals surface area contributed by atoms with Crippen LogP contribution in [0.25, 0.3) is 0 Å². The molecule has 0 spiro atoms. The Bertz CT molecular complexity index is 442. The Morgan fingerprint density at radius 1 is 1.38 bits per heavy atom. The average molecular weight is 228 g/mol. The molecule has 0 saturated heterocycles. The zero-order valence-electron chi connectivity index (χ0n) is 8.08. The summed E-state index contributed by atoms with van der Waals surface area (Å²) in [6.07, 6.45) is -0.585. The standard InChI is InChI=1S/C10H7F3N2O/c11-10(12,13)8-2-1-7(5-14-8)9(3-4-9)15-6-16/h1-2,5H,3-4H2. The quantitative estimate of drug-likeness (QED) is 0.576. The number of carbonyl (C=O) groups excluding carboxylic acids is 1. The van der Waals surface area contributed by atoms with Crippen molar-refractivity contribution in [3.63, 3.8) is 0 Å². The van der Waals surface area contributed by atoms with E-state index in [1.807, 2.05) is 0 Å². The van der Waals surface area contributed by atoms with E-state index >= 15 is 0 Å². The van der Waals surface area contributed by atoms with Crippen LogP contribution in [-0.4, -0.2) is 11.1 Å². The first-order valence-corrected chi connectivity index (χ1v) is 4.61. The van der Waals surface area contributed by atoms with E-state index in [9.17, 15) is 18.0 Å². The van der Waals surface area contributed by atoms with Crippen LogP contribution in [0.3, 0.4) is 0 Å². The van der Waals surface area contributed by atoms with Gasteiger partial charge in [-0.2, -0.15) is 18.2 Å². The molecule has 2 rings (SSSR count). The topological polar surface area (TPSA) is 42.3 Å². The summed E-state index contributed by atoms with van der Waals surface area (Å²) in [6.45, 7) is 0. The number of aliphatic imine (C=N–C) groups is 1. The summed E-state index contributed by atoms with van der Waals surface area (Å²) >= 11 is 0. The first-order chi connectivity index (χ1) is 7.48. The summed E-state index contributed by atoms with van der Waals surface area (Å²) in [5.41, 5.74) is -1.08. The highest BCUT2D eigenvalue weighted by molar-refractivity contribution is 5.40. The molecule has 0 amide bonds. The number of pyridine rings is 1. The molecular formula is C10H7F3N2O. The van der Waals surface area contributed by atoms with Gasteiger partial charge in [-0.05, 0) is 24.5 Å². The van der Waals surface area contributed by atoms with Crippen molar-refractivity contribution in [3.05, 3.63) is 29.6 Å². The van der Waals surface area contributed by atoms with E-state index in [2.05, 4.69) is 9.98 Å². The summed E-state index contributed by atoms with van der Waals surface area (Å²) < 4.78 is 36.7. The van der Waals surface area contributed by atoms with E-state index in [0.29, 0.717) is 18.4 Å². The maximum Gasteiger partial charge on any atom is 0.433 e.